The summed E-state index contributed by atoms with van der Waals surface area (Å²) < 4.78 is 11.1. The van der Waals surface area contributed by atoms with Crippen LogP contribution in [0.15, 0.2) is 24.3 Å². The van der Waals surface area contributed by atoms with Crippen LogP contribution in [0.4, 0.5) is 0 Å². The van der Waals surface area contributed by atoms with Gasteiger partial charge in [-0.25, -0.2) is 0 Å². The van der Waals surface area contributed by atoms with Gasteiger partial charge in [0.25, 0.3) is 0 Å². The Kier molecular flexibility index (Phi) is 2.74. The van der Waals surface area contributed by atoms with E-state index in [1.54, 1.807) is 0 Å². The molecule has 0 bridgehead atoms. The fourth-order valence-electron chi connectivity index (χ4n) is 3.07. The predicted molar refractivity (Wildman–Crippen MR) is 66.7 cm³/mol. The second kappa shape index (κ2) is 4.28. The molecule has 18 heavy (non-hydrogen) atoms. The lowest BCUT2D eigenvalue weighted by Crippen LogP contribution is -2.49. The van der Waals surface area contributed by atoms with Crippen LogP contribution in [0.25, 0.3) is 0 Å². The lowest BCUT2D eigenvalue weighted by Gasteiger charge is -2.36. The van der Waals surface area contributed by atoms with E-state index < -0.39 is 5.60 Å². The van der Waals surface area contributed by atoms with E-state index in [1.165, 1.54) is 7.11 Å². The zero-order chi connectivity index (χ0) is 12.6. The van der Waals surface area contributed by atoms with E-state index in [2.05, 4.69) is 5.32 Å². The average molecular weight is 247 g/mol. The Bertz CT molecular complexity index is 466. The van der Waals surface area contributed by atoms with Crippen molar-refractivity contribution in [1.29, 1.82) is 0 Å². The van der Waals surface area contributed by atoms with Crippen molar-refractivity contribution in [3.05, 3.63) is 29.8 Å². The lowest BCUT2D eigenvalue weighted by atomic mass is 9.78. The molecule has 1 spiro atoms. The molecular weight excluding hydrogens is 230 g/mol. The third-order valence-corrected chi connectivity index (χ3v) is 3.96. The normalized spacial score (nSPS) is 24.4. The van der Waals surface area contributed by atoms with Crippen molar-refractivity contribution >= 4 is 5.97 Å². The number of carbonyl (C=O) groups is 1. The van der Waals surface area contributed by atoms with Crippen LogP contribution in [0.3, 0.4) is 0 Å². The Morgan fingerprint density at radius 3 is 2.83 bits per heavy atom. The fourth-order valence-corrected chi connectivity index (χ4v) is 3.07. The number of piperidine rings is 1. The molecule has 0 saturated carbocycles. The molecule has 2 aliphatic heterocycles. The third kappa shape index (κ3) is 1.60. The van der Waals surface area contributed by atoms with Crippen LogP contribution in [0.2, 0.25) is 0 Å². The molecule has 0 aliphatic carbocycles. The van der Waals surface area contributed by atoms with Crippen molar-refractivity contribution < 1.29 is 14.3 Å². The summed E-state index contributed by atoms with van der Waals surface area (Å²) in [6.45, 7) is 1.75. The molecule has 2 aliphatic rings. The van der Waals surface area contributed by atoms with E-state index in [-0.39, 0.29) is 11.9 Å². The van der Waals surface area contributed by atoms with E-state index in [0.717, 1.165) is 37.2 Å². The monoisotopic (exact) mass is 247 g/mol. The van der Waals surface area contributed by atoms with E-state index >= 15 is 0 Å². The van der Waals surface area contributed by atoms with Crippen LogP contribution < -0.4 is 10.1 Å². The van der Waals surface area contributed by atoms with E-state index in [1.807, 2.05) is 24.3 Å². The maximum atomic E-state index is 12.1. The molecule has 1 atom stereocenters. The highest BCUT2D eigenvalue weighted by Crippen LogP contribution is 2.49. The summed E-state index contributed by atoms with van der Waals surface area (Å²) in [6, 6.07) is 7.78. The number of esters is 1. The standard InChI is InChI=1S/C14H17NO3/c1-17-13(16)12-10-4-2-3-5-11(10)18-14(12)6-8-15-9-7-14/h2-5,12,15H,6-9H2,1H3. The second-order valence-electron chi connectivity index (χ2n) is 4.91. The zero-order valence-corrected chi connectivity index (χ0v) is 10.4. The first-order valence-electron chi connectivity index (χ1n) is 6.33. The highest BCUT2D eigenvalue weighted by atomic mass is 16.5. The first-order chi connectivity index (χ1) is 8.77. The van der Waals surface area contributed by atoms with Crippen LogP contribution in [0.1, 0.15) is 24.3 Å². The molecular formula is C14H17NO3. The van der Waals surface area contributed by atoms with Gasteiger partial charge >= 0.3 is 5.97 Å². The van der Waals surface area contributed by atoms with Crippen LogP contribution in [-0.2, 0) is 9.53 Å². The molecule has 0 amide bonds. The van der Waals surface area contributed by atoms with Crippen LogP contribution >= 0.6 is 0 Å². The molecule has 1 fully saturated rings. The number of para-hydroxylation sites is 1. The van der Waals surface area contributed by atoms with Crippen LogP contribution in [0, 0.1) is 0 Å². The molecule has 4 heteroatoms. The van der Waals surface area contributed by atoms with Crippen molar-refractivity contribution in [2.24, 2.45) is 0 Å². The second-order valence-corrected chi connectivity index (χ2v) is 4.91. The largest absolute Gasteiger partial charge is 0.486 e. The zero-order valence-electron chi connectivity index (χ0n) is 10.4. The minimum Gasteiger partial charge on any atom is -0.486 e. The first kappa shape index (κ1) is 11.5. The number of hydrogen-bond donors (Lipinski definition) is 1. The number of rotatable bonds is 1. The van der Waals surface area contributed by atoms with Gasteiger partial charge in [-0.3, -0.25) is 4.79 Å². The van der Waals surface area contributed by atoms with Gasteiger partial charge in [0.15, 0.2) is 0 Å². The lowest BCUT2D eigenvalue weighted by molar-refractivity contribution is -0.147. The van der Waals surface area contributed by atoms with Gasteiger partial charge in [-0.2, -0.15) is 0 Å². The molecule has 1 unspecified atom stereocenters. The molecule has 4 nitrogen and oxygen atoms in total. The van der Waals surface area contributed by atoms with Crippen LogP contribution in [0.5, 0.6) is 5.75 Å². The van der Waals surface area contributed by atoms with Gasteiger partial charge in [0.1, 0.15) is 17.3 Å². The van der Waals surface area contributed by atoms with Gasteiger partial charge in [-0.15, -0.1) is 0 Å². The summed E-state index contributed by atoms with van der Waals surface area (Å²) in [7, 11) is 1.44. The molecule has 1 N–H and O–H groups in total. The quantitative estimate of drug-likeness (QED) is 0.763. The van der Waals surface area contributed by atoms with Gasteiger partial charge in [-0.05, 0) is 19.2 Å². The highest BCUT2D eigenvalue weighted by molar-refractivity contribution is 5.82. The number of methoxy groups -OCH3 is 1. The number of benzene rings is 1. The SMILES string of the molecule is COC(=O)C1c2ccccc2OC12CCNCC2. The van der Waals surface area contributed by atoms with E-state index in [9.17, 15) is 4.79 Å². The van der Waals surface area contributed by atoms with Crippen molar-refractivity contribution in [3.63, 3.8) is 0 Å². The summed E-state index contributed by atoms with van der Waals surface area (Å²) in [5.74, 6) is 0.345. The van der Waals surface area contributed by atoms with Gasteiger partial charge in [0, 0.05) is 18.4 Å². The fraction of sp³-hybridized carbons (Fsp3) is 0.500. The minimum absolute atomic E-state index is 0.193. The number of ether oxygens (including phenoxy) is 2. The Hall–Kier alpha value is -1.55. The molecule has 3 rings (SSSR count). The third-order valence-electron chi connectivity index (χ3n) is 3.96. The van der Waals surface area contributed by atoms with Crippen molar-refractivity contribution in [2.75, 3.05) is 20.2 Å². The van der Waals surface area contributed by atoms with E-state index in [4.69, 9.17) is 9.47 Å². The molecule has 2 heterocycles. The summed E-state index contributed by atoms with van der Waals surface area (Å²) >= 11 is 0. The summed E-state index contributed by atoms with van der Waals surface area (Å²) in [5.41, 5.74) is 0.549. The molecule has 0 radical (unpaired) electrons. The Morgan fingerprint density at radius 1 is 1.39 bits per heavy atom. The topological polar surface area (TPSA) is 47.6 Å². The molecule has 1 aromatic carbocycles. The number of carbonyl (C=O) groups excluding carboxylic acids is 1. The van der Waals surface area contributed by atoms with Gasteiger partial charge in [-0.1, -0.05) is 18.2 Å². The summed E-state index contributed by atoms with van der Waals surface area (Å²) in [5, 5.41) is 3.31. The van der Waals surface area contributed by atoms with Crippen LogP contribution in [-0.4, -0.2) is 31.8 Å². The number of nitrogens with one attached hydrogen (secondary N) is 1. The molecule has 1 saturated heterocycles. The Balaban J connectivity index is 2.04. The van der Waals surface area contributed by atoms with Gasteiger partial charge in [0.2, 0.25) is 0 Å². The smallest absolute Gasteiger partial charge is 0.317 e. The first-order valence-corrected chi connectivity index (χ1v) is 6.33. The maximum Gasteiger partial charge on any atom is 0.317 e. The molecule has 1 aromatic rings. The number of fused-ring (bicyclic) bond motifs is 1. The Labute approximate surface area is 106 Å². The van der Waals surface area contributed by atoms with Gasteiger partial charge < -0.3 is 14.8 Å². The minimum atomic E-state index is -0.415. The average Bonchev–Trinajstić information content (AvgIpc) is 2.72. The van der Waals surface area contributed by atoms with Crippen molar-refractivity contribution in [2.45, 2.75) is 24.4 Å². The highest BCUT2D eigenvalue weighted by Gasteiger charge is 2.53. The van der Waals surface area contributed by atoms with Crippen molar-refractivity contribution in [3.8, 4) is 5.75 Å². The molecule has 0 aromatic heterocycles. The maximum absolute atomic E-state index is 12.1. The summed E-state index contributed by atoms with van der Waals surface area (Å²) in [6.07, 6.45) is 1.67. The number of hydrogen-bond acceptors (Lipinski definition) is 4. The van der Waals surface area contributed by atoms with Crippen molar-refractivity contribution in [1.82, 2.24) is 5.32 Å². The Morgan fingerprint density at radius 2 is 2.11 bits per heavy atom. The predicted octanol–water partition coefficient (Wildman–Crippen LogP) is 1.46. The summed E-state index contributed by atoms with van der Waals surface area (Å²) in [4.78, 5) is 12.1. The van der Waals surface area contributed by atoms with E-state index in [0.29, 0.717) is 0 Å². The van der Waals surface area contributed by atoms with Gasteiger partial charge in [0.05, 0.1) is 7.11 Å². The molecule has 96 valence electrons.